The Morgan fingerprint density at radius 3 is 1.81 bits per heavy atom. The predicted molar refractivity (Wildman–Crippen MR) is 109 cm³/mol. The molecule has 1 aromatic carbocycles. The van der Waals surface area contributed by atoms with E-state index in [-0.39, 0.29) is 10.8 Å². The molecule has 9 heteroatoms. The van der Waals surface area contributed by atoms with E-state index in [9.17, 15) is 16.8 Å². The molecule has 1 aromatic heterocycles. The second-order valence-corrected chi connectivity index (χ2v) is 12.0. The highest BCUT2D eigenvalue weighted by atomic mass is 32.2. The summed E-state index contributed by atoms with van der Waals surface area (Å²) in [6, 6.07) is 3.13. The molecule has 1 heterocycles. The fourth-order valence-corrected chi connectivity index (χ4v) is 7.04. The first-order chi connectivity index (χ1) is 12.3. The van der Waals surface area contributed by atoms with Gasteiger partial charge in [-0.3, -0.25) is 0 Å². The molecule has 0 amide bonds. The van der Waals surface area contributed by atoms with Crippen LogP contribution in [0.1, 0.15) is 32.7 Å². The lowest BCUT2D eigenvalue weighted by Crippen LogP contribution is -2.25. The third kappa shape index (κ3) is 4.12. The zero-order valence-corrected chi connectivity index (χ0v) is 19.1. The number of hydrogen-bond donors (Lipinski definition) is 1. The van der Waals surface area contributed by atoms with Crippen molar-refractivity contribution in [3.05, 3.63) is 44.8 Å². The SMILES string of the molecule is Cc1c(C)c(C)c(S(=O)(=O)NCc2ccc(S(=O)(=O)N(C)C)s2)c(C)c1C. The fraction of sp³-hybridized carbons (Fsp3) is 0.444. The van der Waals surface area contributed by atoms with Gasteiger partial charge in [-0.2, -0.15) is 0 Å². The molecule has 0 atom stereocenters. The molecule has 2 rings (SSSR count). The Morgan fingerprint density at radius 2 is 1.33 bits per heavy atom. The lowest BCUT2D eigenvalue weighted by molar-refractivity contribution is 0.523. The molecule has 0 spiro atoms. The van der Waals surface area contributed by atoms with Crippen LogP contribution in [0.15, 0.2) is 21.2 Å². The number of rotatable bonds is 6. The van der Waals surface area contributed by atoms with Crippen molar-refractivity contribution >= 4 is 31.4 Å². The van der Waals surface area contributed by atoms with Crippen molar-refractivity contribution < 1.29 is 16.8 Å². The van der Waals surface area contributed by atoms with Gasteiger partial charge in [0, 0.05) is 25.5 Å². The van der Waals surface area contributed by atoms with E-state index >= 15 is 0 Å². The van der Waals surface area contributed by atoms with Gasteiger partial charge in [-0.1, -0.05) is 0 Å². The van der Waals surface area contributed by atoms with Gasteiger partial charge >= 0.3 is 0 Å². The smallest absolute Gasteiger partial charge is 0.207 e. The number of benzene rings is 1. The monoisotopic (exact) mass is 430 g/mol. The van der Waals surface area contributed by atoms with Crippen molar-refractivity contribution in [3.63, 3.8) is 0 Å². The van der Waals surface area contributed by atoms with Crippen molar-refractivity contribution in [3.8, 4) is 0 Å². The van der Waals surface area contributed by atoms with Gasteiger partial charge in [0.1, 0.15) is 4.21 Å². The molecule has 150 valence electrons. The summed E-state index contributed by atoms with van der Waals surface area (Å²) in [5.74, 6) is 0. The Bertz CT molecular complexity index is 1050. The van der Waals surface area contributed by atoms with Gasteiger partial charge < -0.3 is 0 Å². The quantitative estimate of drug-likeness (QED) is 0.764. The molecule has 0 aliphatic heterocycles. The van der Waals surface area contributed by atoms with E-state index in [0.717, 1.165) is 43.5 Å². The van der Waals surface area contributed by atoms with Gasteiger partial charge in [-0.25, -0.2) is 25.9 Å². The maximum absolute atomic E-state index is 12.9. The number of nitrogens with one attached hydrogen (secondary N) is 1. The van der Waals surface area contributed by atoms with Crippen LogP contribution in [0.4, 0.5) is 0 Å². The molecule has 27 heavy (non-hydrogen) atoms. The molecule has 6 nitrogen and oxygen atoms in total. The highest BCUT2D eigenvalue weighted by molar-refractivity contribution is 7.91. The lowest BCUT2D eigenvalue weighted by Gasteiger charge is -2.18. The topological polar surface area (TPSA) is 83.5 Å². The number of hydrogen-bond acceptors (Lipinski definition) is 5. The predicted octanol–water partition coefficient (Wildman–Crippen LogP) is 3.02. The van der Waals surface area contributed by atoms with Gasteiger partial charge in [-0.15, -0.1) is 11.3 Å². The van der Waals surface area contributed by atoms with Crippen LogP contribution >= 0.6 is 11.3 Å². The highest BCUT2D eigenvalue weighted by Gasteiger charge is 2.24. The van der Waals surface area contributed by atoms with Crippen molar-refractivity contribution in [1.29, 1.82) is 0 Å². The van der Waals surface area contributed by atoms with E-state index in [1.807, 2.05) is 34.6 Å². The van der Waals surface area contributed by atoms with Crippen LogP contribution in [-0.2, 0) is 26.6 Å². The minimum Gasteiger partial charge on any atom is -0.207 e. The van der Waals surface area contributed by atoms with Crippen molar-refractivity contribution in [1.82, 2.24) is 9.03 Å². The first-order valence-electron chi connectivity index (χ1n) is 8.38. The number of thiophene rings is 1. The fourth-order valence-electron chi connectivity index (χ4n) is 2.88. The number of nitrogens with zero attached hydrogens (tertiary/aromatic N) is 1. The molecule has 0 fully saturated rings. The lowest BCUT2D eigenvalue weighted by atomic mass is 9.95. The van der Waals surface area contributed by atoms with E-state index < -0.39 is 20.0 Å². The molecule has 2 aromatic rings. The van der Waals surface area contributed by atoms with E-state index in [4.69, 9.17) is 0 Å². The van der Waals surface area contributed by atoms with Crippen LogP contribution in [0.25, 0.3) is 0 Å². The zero-order chi connectivity index (χ0) is 20.7. The first-order valence-corrected chi connectivity index (χ1v) is 12.1. The van der Waals surface area contributed by atoms with Crippen molar-refractivity contribution in [2.24, 2.45) is 0 Å². The Hall–Kier alpha value is -1.26. The minimum absolute atomic E-state index is 0.0425. The molecule has 0 unspecified atom stereocenters. The molecule has 0 bridgehead atoms. The van der Waals surface area contributed by atoms with Crippen LogP contribution in [0, 0.1) is 34.6 Å². The Labute approximate surface area is 166 Å². The summed E-state index contributed by atoms with van der Waals surface area (Å²) < 4.78 is 54.1. The molecule has 1 N–H and O–H groups in total. The van der Waals surface area contributed by atoms with Crippen molar-refractivity contribution in [2.45, 2.75) is 50.3 Å². The van der Waals surface area contributed by atoms with Gasteiger partial charge in [0.25, 0.3) is 10.0 Å². The Kier molecular flexibility index (Phi) is 6.23. The third-order valence-electron chi connectivity index (χ3n) is 5.01. The standard InChI is InChI=1S/C18H26N2O4S3/c1-11-12(2)14(4)18(15(5)13(11)3)26(21,22)19-10-16-8-9-17(25-16)27(23,24)20(6)7/h8-9,19H,10H2,1-7H3. The third-order valence-corrected chi connectivity index (χ3v) is 10.1. The van der Waals surface area contributed by atoms with Crippen LogP contribution in [0.2, 0.25) is 0 Å². The molecule has 0 aliphatic rings. The maximum atomic E-state index is 12.9. The maximum Gasteiger partial charge on any atom is 0.252 e. The Morgan fingerprint density at radius 1 is 0.852 bits per heavy atom. The summed E-state index contributed by atoms with van der Waals surface area (Å²) in [4.78, 5) is 0.940. The molecule has 0 saturated heterocycles. The molecule has 0 saturated carbocycles. The number of sulfonamides is 2. The van der Waals surface area contributed by atoms with Gasteiger partial charge in [-0.05, 0) is 74.6 Å². The average molecular weight is 431 g/mol. The molecule has 0 aliphatic carbocycles. The summed E-state index contributed by atoms with van der Waals surface area (Å²) >= 11 is 1.06. The zero-order valence-electron chi connectivity index (χ0n) is 16.7. The highest BCUT2D eigenvalue weighted by Crippen LogP contribution is 2.30. The van der Waals surface area contributed by atoms with Crippen LogP contribution in [-0.4, -0.2) is 35.2 Å². The normalized spacial score (nSPS) is 12.7. The van der Waals surface area contributed by atoms with E-state index in [1.165, 1.54) is 20.2 Å². The summed E-state index contributed by atoms with van der Waals surface area (Å²) in [6.45, 7) is 9.52. The summed E-state index contributed by atoms with van der Waals surface area (Å²) in [7, 11) is -4.32. The summed E-state index contributed by atoms with van der Waals surface area (Å²) in [5, 5.41) is 0. The van der Waals surface area contributed by atoms with Crippen LogP contribution in [0.3, 0.4) is 0 Å². The Balaban J connectivity index is 2.34. The van der Waals surface area contributed by atoms with Crippen LogP contribution in [0.5, 0.6) is 0 Å². The van der Waals surface area contributed by atoms with Gasteiger partial charge in [0.05, 0.1) is 4.90 Å². The van der Waals surface area contributed by atoms with E-state index in [2.05, 4.69) is 4.72 Å². The summed E-state index contributed by atoms with van der Waals surface area (Å²) in [5.41, 5.74) is 4.51. The second kappa shape index (κ2) is 7.63. The second-order valence-electron chi connectivity index (χ2n) is 6.79. The summed E-state index contributed by atoms with van der Waals surface area (Å²) in [6.07, 6.45) is 0. The first kappa shape index (κ1) is 22.0. The molecule has 0 radical (unpaired) electrons. The van der Waals surface area contributed by atoms with Crippen molar-refractivity contribution in [2.75, 3.05) is 14.1 Å². The van der Waals surface area contributed by atoms with Gasteiger partial charge in [0.2, 0.25) is 10.0 Å². The van der Waals surface area contributed by atoms with E-state index in [0.29, 0.717) is 9.77 Å². The molecular formula is C18H26N2O4S3. The minimum atomic E-state index is -3.73. The molecular weight excluding hydrogens is 404 g/mol. The average Bonchev–Trinajstić information content (AvgIpc) is 3.06. The van der Waals surface area contributed by atoms with E-state index in [1.54, 1.807) is 6.07 Å². The largest absolute Gasteiger partial charge is 0.252 e. The van der Waals surface area contributed by atoms with Crippen LogP contribution < -0.4 is 4.72 Å². The van der Waals surface area contributed by atoms with Gasteiger partial charge in [0.15, 0.2) is 0 Å².